The first-order chi connectivity index (χ1) is 11.6. The average molecular weight is 336 g/mol. The molecule has 9 heteroatoms. The average Bonchev–Trinajstić information content (AvgIpc) is 3.27. The summed E-state index contributed by atoms with van der Waals surface area (Å²) < 4.78 is 5.56. The van der Waals surface area contributed by atoms with E-state index in [1.165, 1.54) is 16.0 Å². The predicted molar refractivity (Wildman–Crippen MR) is 80.5 cm³/mol. The number of ether oxygens (including phenoxy) is 1. The molecule has 2 N–H and O–H groups in total. The van der Waals surface area contributed by atoms with E-state index in [1.54, 1.807) is 0 Å². The maximum absolute atomic E-state index is 12.9. The number of carbonyl (C=O) groups excluding carboxylic acids is 1. The molecule has 0 radical (unpaired) electrons. The van der Waals surface area contributed by atoms with Crippen molar-refractivity contribution in [3.8, 4) is 6.07 Å². The van der Waals surface area contributed by atoms with Crippen LogP contribution in [0.4, 0.5) is 4.79 Å². The molecule has 2 saturated heterocycles. The molecule has 0 aromatic heterocycles. The zero-order valence-electron chi connectivity index (χ0n) is 13.1. The molecule has 0 unspecified atom stereocenters. The molecule has 3 fully saturated rings. The largest absolute Gasteiger partial charge is 0.465 e. The Morgan fingerprint density at radius 2 is 2.21 bits per heavy atom. The molecule has 0 aromatic carbocycles. The summed E-state index contributed by atoms with van der Waals surface area (Å²) in [5.41, 5.74) is 0. The van der Waals surface area contributed by atoms with Crippen molar-refractivity contribution in [2.75, 3.05) is 13.2 Å². The summed E-state index contributed by atoms with van der Waals surface area (Å²) in [6.45, 7) is 0.602. The van der Waals surface area contributed by atoms with Crippen molar-refractivity contribution in [3.63, 3.8) is 0 Å². The van der Waals surface area contributed by atoms with E-state index >= 15 is 0 Å². The number of carboxylic acid groups (broad SMARTS) is 1. The van der Waals surface area contributed by atoms with Crippen molar-refractivity contribution in [1.82, 2.24) is 9.80 Å². The monoisotopic (exact) mass is 336 g/mol. The Hall–Kier alpha value is -2.34. The highest BCUT2D eigenvalue weighted by molar-refractivity contribution is 5.87. The molecule has 1 aliphatic carbocycles. The Bertz CT molecular complexity index is 589. The van der Waals surface area contributed by atoms with Gasteiger partial charge in [0.15, 0.2) is 0 Å². The van der Waals surface area contributed by atoms with Crippen LogP contribution in [0.15, 0.2) is 5.16 Å². The second-order valence-corrected chi connectivity index (χ2v) is 6.42. The number of likely N-dealkylation sites (tertiary alicyclic amines) is 2. The van der Waals surface area contributed by atoms with Gasteiger partial charge in [-0.25, -0.2) is 4.79 Å². The van der Waals surface area contributed by atoms with Crippen LogP contribution < -0.4 is 0 Å². The molecule has 2 amide bonds. The molecule has 3 aliphatic rings. The minimum atomic E-state index is -1.14. The van der Waals surface area contributed by atoms with E-state index in [1.807, 2.05) is 0 Å². The maximum atomic E-state index is 12.9. The van der Waals surface area contributed by atoms with Crippen LogP contribution in [0.2, 0.25) is 0 Å². The third-order valence-corrected chi connectivity index (χ3v) is 5.24. The lowest BCUT2D eigenvalue weighted by molar-refractivity contribution is -0.139. The van der Waals surface area contributed by atoms with Gasteiger partial charge in [0.2, 0.25) is 5.91 Å². The van der Waals surface area contributed by atoms with E-state index in [-0.39, 0.29) is 30.6 Å². The molecular weight excluding hydrogens is 316 g/mol. The van der Waals surface area contributed by atoms with Gasteiger partial charge < -0.3 is 20.0 Å². The second kappa shape index (κ2) is 6.65. The van der Waals surface area contributed by atoms with Crippen molar-refractivity contribution >= 4 is 18.2 Å². The molecule has 24 heavy (non-hydrogen) atoms. The maximum Gasteiger partial charge on any atom is 0.408 e. The molecule has 0 spiro atoms. The molecule has 5 atom stereocenters. The van der Waals surface area contributed by atoms with Gasteiger partial charge in [0.05, 0.1) is 31.0 Å². The van der Waals surface area contributed by atoms with Crippen molar-refractivity contribution in [2.45, 2.75) is 49.9 Å². The van der Waals surface area contributed by atoms with Gasteiger partial charge in [0.25, 0.3) is 0 Å². The molecular formula is C15H20N4O5. The Kier molecular flexibility index (Phi) is 4.57. The van der Waals surface area contributed by atoms with Gasteiger partial charge in [-0.3, -0.25) is 9.69 Å². The fourth-order valence-corrected chi connectivity index (χ4v) is 4.29. The normalized spacial score (nSPS) is 34.9. The summed E-state index contributed by atoms with van der Waals surface area (Å²) in [7, 11) is 0. The lowest BCUT2D eigenvalue weighted by Crippen LogP contribution is -2.57. The fraction of sp³-hybridized carbons (Fsp3) is 0.733. The Labute approximate surface area is 139 Å². The van der Waals surface area contributed by atoms with E-state index in [2.05, 4.69) is 11.2 Å². The molecule has 2 bridgehead atoms. The SMILES string of the molecule is N#C[C@@H]1CCCN1C(=O)[C@@H]1[C@H]2C[C@H]([C@H](OCC=NO)C2)N1C(=O)O. The summed E-state index contributed by atoms with van der Waals surface area (Å²) in [6.07, 6.45) is 2.33. The number of carbonyl (C=O) groups is 2. The summed E-state index contributed by atoms with van der Waals surface area (Å²) in [5, 5.41) is 30.0. The molecule has 1 saturated carbocycles. The number of nitrogens with zero attached hydrogens (tertiary/aromatic N) is 4. The van der Waals surface area contributed by atoms with Gasteiger partial charge in [-0.15, -0.1) is 0 Å². The second-order valence-electron chi connectivity index (χ2n) is 6.42. The van der Waals surface area contributed by atoms with E-state index in [0.717, 1.165) is 6.42 Å². The van der Waals surface area contributed by atoms with Gasteiger partial charge in [0, 0.05) is 6.54 Å². The predicted octanol–water partition coefficient (Wildman–Crippen LogP) is 0.487. The first-order valence-corrected chi connectivity index (χ1v) is 8.07. The molecule has 3 rings (SSSR count). The highest BCUT2D eigenvalue weighted by atomic mass is 16.5. The lowest BCUT2D eigenvalue weighted by Gasteiger charge is -2.38. The highest BCUT2D eigenvalue weighted by Crippen LogP contribution is 2.45. The van der Waals surface area contributed by atoms with Crippen molar-refractivity contribution in [1.29, 1.82) is 5.26 Å². The van der Waals surface area contributed by atoms with Crippen molar-refractivity contribution < 1.29 is 24.6 Å². The number of rotatable bonds is 4. The zero-order chi connectivity index (χ0) is 17.3. The van der Waals surface area contributed by atoms with Crippen LogP contribution >= 0.6 is 0 Å². The number of fused-ring (bicyclic) bond motifs is 2. The van der Waals surface area contributed by atoms with Gasteiger partial charge in [-0.2, -0.15) is 5.26 Å². The molecule has 0 aromatic rings. The Morgan fingerprint density at radius 3 is 2.88 bits per heavy atom. The molecule has 2 heterocycles. The number of oxime groups is 1. The number of hydrogen-bond donors (Lipinski definition) is 2. The van der Waals surface area contributed by atoms with Crippen LogP contribution in [0.5, 0.6) is 0 Å². The Balaban J connectivity index is 1.75. The van der Waals surface area contributed by atoms with E-state index in [9.17, 15) is 20.0 Å². The summed E-state index contributed by atoms with van der Waals surface area (Å²) in [4.78, 5) is 27.3. The number of nitriles is 1. The van der Waals surface area contributed by atoms with Crippen LogP contribution in [0.1, 0.15) is 25.7 Å². The van der Waals surface area contributed by atoms with Crippen LogP contribution in [0.25, 0.3) is 0 Å². The molecule has 130 valence electrons. The van der Waals surface area contributed by atoms with Gasteiger partial charge in [-0.1, -0.05) is 5.16 Å². The highest BCUT2D eigenvalue weighted by Gasteiger charge is 2.57. The van der Waals surface area contributed by atoms with Crippen LogP contribution in [-0.4, -0.2) is 75.7 Å². The van der Waals surface area contributed by atoms with E-state index < -0.39 is 18.2 Å². The molecule has 2 aliphatic heterocycles. The van der Waals surface area contributed by atoms with Crippen LogP contribution in [0, 0.1) is 17.2 Å². The van der Waals surface area contributed by atoms with Crippen LogP contribution in [-0.2, 0) is 9.53 Å². The minimum Gasteiger partial charge on any atom is -0.465 e. The zero-order valence-corrected chi connectivity index (χ0v) is 13.1. The lowest BCUT2D eigenvalue weighted by atomic mass is 9.96. The van der Waals surface area contributed by atoms with E-state index in [0.29, 0.717) is 25.8 Å². The Morgan fingerprint density at radius 1 is 1.42 bits per heavy atom. The third kappa shape index (κ3) is 2.67. The van der Waals surface area contributed by atoms with Crippen LogP contribution in [0.3, 0.4) is 0 Å². The number of hydrogen-bond acceptors (Lipinski definition) is 6. The number of amides is 2. The third-order valence-electron chi connectivity index (χ3n) is 5.24. The van der Waals surface area contributed by atoms with Crippen molar-refractivity contribution in [3.05, 3.63) is 0 Å². The smallest absolute Gasteiger partial charge is 0.408 e. The molecule has 9 nitrogen and oxygen atoms in total. The van der Waals surface area contributed by atoms with Gasteiger partial charge in [-0.05, 0) is 31.6 Å². The number of piperidine rings is 1. The first-order valence-electron chi connectivity index (χ1n) is 8.07. The summed E-state index contributed by atoms with van der Waals surface area (Å²) >= 11 is 0. The summed E-state index contributed by atoms with van der Waals surface area (Å²) in [5.74, 6) is -0.362. The van der Waals surface area contributed by atoms with Crippen molar-refractivity contribution in [2.24, 2.45) is 11.1 Å². The van der Waals surface area contributed by atoms with Gasteiger partial charge >= 0.3 is 6.09 Å². The standard InChI is InChI=1S/C15H20N4O5/c16-8-10-2-1-4-18(10)14(20)13-9-6-11(19(13)15(21)22)12(7-9)24-5-3-17-23/h3,9-13,23H,1-2,4-7H2,(H,21,22)/t9-,10-,11+,12+,13-/m0/s1. The van der Waals surface area contributed by atoms with E-state index in [4.69, 9.17) is 9.94 Å². The summed E-state index contributed by atoms with van der Waals surface area (Å²) in [6, 6.07) is 0.561. The topological polar surface area (TPSA) is 126 Å². The first kappa shape index (κ1) is 16.5. The minimum absolute atomic E-state index is 0.0963. The quantitative estimate of drug-likeness (QED) is 0.437. The van der Waals surface area contributed by atoms with Gasteiger partial charge in [0.1, 0.15) is 12.1 Å². The fourth-order valence-electron chi connectivity index (χ4n) is 4.29.